The standard InChI is InChI=1S/C14H21N3/c1-3-16-10-12-9-15-6-7-17(12)14-8-11(2)4-5-13(14)16/h4-5,8,12,15H,3,6-7,9-10H2,1-2H3. The van der Waals surface area contributed by atoms with E-state index in [9.17, 15) is 0 Å². The zero-order valence-electron chi connectivity index (χ0n) is 10.7. The molecule has 2 aliphatic heterocycles. The number of hydrogen-bond donors (Lipinski definition) is 1. The summed E-state index contributed by atoms with van der Waals surface area (Å²) in [4.78, 5) is 5.09. The minimum atomic E-state index is 0.637. The fourth-order valence-corrected chi connectivity index (χ4v) is 3.02. The summed E-state index contributed by atoms with van der Waals surface area (Å²) in [5.41, 5.74) is 4.21. The minimum Gasteiger partial charge on any atom is -0.368 e. The van der Waals surface area contributed by atoms with Crippen molar-refractivity contribution in [2.45, 2.75) is 19.9 Å². The predicted molar refractivity (Wildman–Crippen MR) is 73.1 cm³/mol. The molecule has 0 spiro atoms. The maximum Gasteiger partial charge on any atom is 0.0610 e. The van der Waals surface area contributed by atoms with Crippen LogP contribution in [0, 0.1) is 6.92 Å². The number of piperazine rings is 1. The van der Waals surface area contributed by atoms with Crippen LogP contribution in [-0.2, 0) is 0 Å². The molecule has 1 unspecified atom stereocenters. The molecule has 0 amide bonds. The summed E-state index contributed by atoms with van der Waals surface area (Å²) in [6.07, 6.45) is 0. The fraction of sp³-hybridized carbons (Fsp3) is 0.571. The van der Waals surface area contributed by atoms with Gasteiger partial charge in [-0.05, 0) is 31.5 Å². The van der Waals surface area contributed by atoms with E-state index >= 15 is 0 Å². The van der Waals surface area contributed by atoms with Crippen molar-refractivity contribution in [1.82, 2.24) is 5.32 Å². The first-order valence-corrected chi connectivity index (χ1v) is 6.62. The average molecular weight is 231 g/mol. The molecule has 0 aliphatic carbocycles. The number of benzene rings is 1. The van der Waals surface area contributed by atoms with Gasteiger partial charge in [0.15, 0.2) is 0 Å². The summed E-state index contributed by atoms with van der Waals surface area (Å²) in [6, 6.07) is 7.49. The number of aryl methyl sites for hydroxylation is 1. The Morgan fingerprint density at radius 1 is 1.35 bits per heavy atom. The molecule has 0 saturated carbocycles. The zero-order valence-corrected chi connectivity index (χ0v) is 10.7. The molecule has 2 aliphatic rings. The van der Waals surface area contributed by atoms with Gasteiger partial charge in [-0.15, -0.1) is 0 Å². The molecule has 0 bridgehead atoms. The van der Waals surface area contributed by atoms with Crippen molar-refractivity contribution in [3.05, 3.63) is 23.8 Å². The van der Waals surface area contributed by atoms with Gasteiger partial charge < -0.3 is 15.1 Å². The van der Waals surface area contributed by atoms with Gasteiger partial charge >= 0.3 is 0 Å². The summed E-state index contributed by atoms with van der Waals surface area (Å²) >= 11 is 0. The fourth-order valence-electron chi connectivity index (χ4n) is 3.02. The van der Waals surface area contributed by atoms with Crippen molar-refractivity contribution in [3.8, 4) is 0 Å². The highest BCUT2D eigenvalue weighted by atomic mass is 15.3. The van der Waals surface area contributed by atoms with Crippen LogP contribution in [0.3, 0.4) is 0 Å². The number of nitrogens with zero attached hydrogens (tertiary/aromatic N) is 2. The summed E-state index contributed by atoms with van der Waals surface area (Å²) in [5, 5.41) is 3.51. The van der Waals surface area contributed by atoms with Gasteiger partial charge in [-0.2, -0.15) is 0 Å². The van der Waals surface area contributed by atoms with E-state index in [0.717, 1.165) is 32.7 Å². The molecule has 1 N–H and O–H groups in total. The van der Waals surface area contributed by atoms with Gasteiger partial charge in [0.2, 0.25) is 0 Å². The molecular weight excluding hydrogens is 210 g/mol. The first kappa shape index (κ1) is 10.9. The third-order valence-electron chi connectivity index (χ3n) is 3.94. The predicted octanol–water partition coefficient (Wildman–Crippen LogP) is 1.61. The van der Waals surface area contributed by atoms with Gasteiger partial charge in [-0.25, -0.2) is 0 Å². The number of fused-ring (bicyclic) bond motifs is 3. The van der Waals surface area contributed by atoms with Gasteiger partial charge in [0.25, 0.3) is 0 Å². The van der Waals surface area contributed by atoms with Crippen molar-refractivity contribution in [3.63, 3.8) is 0 Å². The number of hydrogen-bond acceptors (Lipinski definition) is 3. The summed E-state index contributed by atoms with van der Waals surface area (Å²) in [7, 11) is 0. The van der Waals surface area contributed by atoms with E-state index in [0.29, 0.717) is 6.04 Å². The zero-order chi connectivity index (χ0) is 11.8. The highest BCUT2D eigenvalue weighted by Gasteiger charge is 2.31. The molecule has 3 rings (SSSR count). The molecule has 1 aromatic carbocycles. The lowest BCUT2D eigenvalue weighted by Gasteiger charge is -2.47. The molecule has 0 radical (unpaired) electrons. The summed E-state index contributed by atoms with van der Waals surface area (Å²) in [6.45, 7) is 10.0. The Balaban J connectivity index is 2.04. The van der Waals surface area contributed by atoms with Crippen LogP contribution in [0.25, 0.3) is 0 Å². The van der Waals surface area contributed by atoms with E-state index in [-0.39, 0.29) is 0 Å². The quantitative estimate of drug-likeness (QED) is 0.792. The minimum absolute atomic E-state index is 0.637. The lowest BCUT2D eigenvalue weighted by Crippen LogP contribution is -2.58. The van der Waals surface area contributed by atoms with E-state index in [2.05, 4.69) is 47.2 Å². The van der Waals surface area contributed by atoms with Gasteiger partial charge in [0.1, 0.15) is 0 Å². The summed E-state index contributed by atoms with van der Waals surface area (Å²) < 4.78 is 0. The van der Waals surface area contributed by atoms with Crippen LogP contribution >= 0.6 is 0 Å². The third kappa shape index (κ3) is 1.78. The first-order valence-electron chi connectivity index (χ1n) is 6.62. The van der Waals surface area contributed by atoms with Crippen molar-refractivity contribution in [2.24, 2.45) is 0 Å². The van der Waals surface area contributed by atoms with E-state index in [1.165, 1.54) is 16.9 Å². The Morgan fingerprint density at radius 2 is 2.24 bits per heavy atom. The molecule has 17 heavy (non-hydrogen) atoms. The number of anilines is 2. The molecule has 1 fully saturated rings. The second-order valence-corrected chi connectivity index (χ2v) is 5.08. The highest BCUT2D eigenvalue weighted by molar-refractivity contribution is 5.75. The van der Waals surface area contributed by atoms with Crippen LogP contribution in [0.15, 0.2) is 18.2 Å². The topological polar surface area (TPSA) is 18.5 Å². The molecule has 1 saturated heterocycles. The van der Waals surface area contributed by atoms with Crippen molar-refractivity contribution in [1.29, 1.82) is 0 Å². The highest BCUT2D eigenvalue weighted by Crippen LogP contribution is 2.36. The van der Waals surface area contributed by atoms with Crippen LogP contribution in [0.4, 0.5) is 11.4 Å². The average Bonchev–Trinajstić information content (AvgIpc) is 2.37. The van der Waals surface area contributed by atoms with E-state index in [1.54, 1.807) is 0 Å². The van der Waals surface area contributed by atoms with Gasteiger partial charge in [-0.1, -0.05) is 6.07 Å². The van der Waals surface area contributed by atoms with Crippen molar-refractivity contribution in [2.75, 3.05) is 42.5 Å². The monoisotopic (exact) mass is 231 g/mol. The Morgan fingerprint density at radius 3 is 3.06 bits per heavy atom. The van der Waals surface area contributed by atoms with Gasteiger partial charge in [-0.3, -0.25) is 0 Å². The van der Waals surface area contributed by atoms with E-state index < -0.39 is 0 Å². The number of nitrogens with one attached hydrogen (secondary N) is 1. The molecule has 1 aromatic rings. The number of likely N-dealkylation sites (N-methyl/N-ethyl adjacent to an activating group) is 1. The van der Waals surface area contributed by atoms with Crippen LogP contribution in [0.2, 0.25) is 0 Å². The van der Waals surface area contributed by atoms with E-state index in [1.807, 2.05) is 0 Å². The van der Waals surface area contributed by atoms with Gasteiger partial charge in [0.05, 0.1) is 17.4 Å². The van der Waals surface area contributed by atoms with Crippen molar-refractivity contribution >= 4 is 11.4 Å². The second-order valence-electron chi connectivity index (χ2n) is 5.08. The van der Waals surface area contributed by atoms with Crippen molar-refractivity contribution < 1.29 is 0 Å². The smallest absolute Gasteiger partial charge is 0.0610 e. The Labute approximate surface area is 103 Å². The van der Waals surface area contributed by atoms with Crippen LogP contribution in [0.1, 0.15) is 12.5 Å². The molecule has 3 heteroatoms. The maximum absolute atomic E-state index is 3.51. The molecule has 2 heterocycles. The van der Waals surface area contributed by atoms with Crippen LogP contribution in [-0.4, -0.2) is 38.8 Å². The van der Waals surface area contributed by atoms with E-state index in [4.69, 9.17) is 0 Å². The molecule has 3 nitrogen and oxygen atoms in total. The first-order chi connectivity index (χ1) is 8.29. The Kier molecular flexibility index (Phi) is 2.71. The molecule has 0 aromatic heterocycles. The maximum atomic E-state index is 3.51. The summed E-state index contributed by atoms with van der Waals surface area (Å²) in [5.74, 6) is 0. The Bertz CT molecular complexity index is 416. The SMILES string of the molecule is CCN1CC2CNCCN2c2cc(C)ccc21. The normalized spacial score (nSPS) is 23.3. The third-order valence-corrected chi connectivity index (χ3v) is 3.94. The second kappa shape index (κ2) is 4.22. The Hall–Kier alpha value is -1.22. The lowest BCUT2D eigenvalue weighted by atomic mass is 10.0. The lowest BCUT2D eigenvalue weighted by molar-refractivity contribution is 0.460. The number of rotatable bonds is 1. The largest absolute Gasteiger partial charge is 0.368 e. The van der Waals surface area contributed by atoms with Gasteiger partial charge in [0, 0.05) is 32.7 Å². The molecular formula is C14H21N3. The van der Waals surface area contributed by atoms with Crippen LogP contribution < -0.4 is 15.1 Å². The molecule has 92 valence electrons. The molecule has 1 atom stereocenters. The van der Waals surface area contributed by atoms with Crippen LogP contribution in [0.5, 0.6) is 0 Å².